The van der Waals surface area contributed by atoms with E-state index in [4.69, 9.17) is 9.72 Å². The van der Waals surface area contributed by atoms with Crippen LogP contribution >= 0.6 is 0 Å². The molecule has 2 aromatic rings. The summed E-state index contributed by atoms with van der Waals surface area (Å²) in [6, 6.07) is 11.2. The zero-order chi connectivity index (χ0) is 21.8. The molecule has 1 aromatic heterocycles. The van der Waals surface area contributed by atoms with Crippen molar-refractivity contribution in [2.24, 2.45) is 5.92 Å². The maximum Gasteiger partial charge on any atom is 0.225 e. The number of likely N-dealkylation sites (tertiary alicyclic amines) is 1. The first-order valence-corrected chi connectivity index (χ1v) is 11.3. The maximum absolute atomic E-state index is 12.9. The Morgan fingerprint density at radius 1 is 1.03 bits per heavy atom. The number of nitrogens with one attached hydrogen (secondary N) is 1. The summed E-state index contributed by atoms with van der Waals surface area (Å²) in [4.78, 5) is 30.9. The highest BCUT2D eigenvalue weighted by Gasteiger charge is 2.31. The van der Waals surface area contributed by atoms with E-state index in [0.717, 1.165) is 61.6 Å². The number of hydrogen-bond acceptors (Lipinski definition) is 4. The van der Waals surface area contributed by atoms with Gasteiger partial charge in [-0.3, -0.25) is 14.6 Å². The Bertz CT molecular complexity index is 936. The first-order chi connectivity index (χ1) is 15.0. The Kier molecular flexibility index (Phi) is 6.54. The maximum atomic E-state index is 12.9. The third-order valence-corrected chi connectivity index (χ3v) is 6.21. The van der Waals surface area contributed by atoms with E-state index in [2.05, 4.69) is 10.2 Å². The third kappa shape index (κ3) is 5.43. The van der Waals surface area contributed by atoms with Gasteiger partial charge in [-0.15, -0.1) is 0 Å². The Morgan fingerprint density at radius 3 is 2.48 bits per heavy atom. The number of aryl methyl sites for hydroxylation is 1. The number of rotatable bonds is 5. The summed E-state index contributed by atoms with van der Waals surface area (Å²) in [5, 5.41) is 2.75. The molecule has 0 bridgehead atoms. The molecular weight excluding hydrogens is 390 g/mol. The normalized spacial score (nSPS) is 19.3. The van der Waals surface area contributed by atoms with Crippen molar-refractivity contribution in [2.45, 2.75) is 58.3 Å². The predicted octanol–water partition coefficient (Wildman–Crippen LogP) is 5.04. The van der Waals surface area contributed by atoms with Gasteiger partial charge in [0.05, 0.1) is 0 Å². The van der Waals surface area contributed by atoms with Gasteiger partial charge in [-0.25, -0.2) is 0 Å². The summed E-state index contributed by atoms with van der Waals surface area (Å²) in [6.45, 7) is 5.07. The molecule has 0 radical (unpaired) electrons. The second-order valence-electron chi connectivity index (χ2n) is 8.78. The fourth-order valence-electron chi connectivity index (χ4n) is 4.72. The highest BCUT2D eigenvalue weighted by atomic mass is 16.5. The van der Waals surface area contributed by atoms with Gasteiger partial charge in [0.15, 0.2) is 0 Å². The number of carbonyl (C=O) groups excluding carboxylic acids is 2. The quantitative estimate of drug-likeness (QED) is 0.734. The molecule has 2 amide bonds. The molecule has 1 aliphatic carbocycles. The molecule has 2 fully saturated rings. The molecule has 2 heterocycles. The number of nitrogens with zero attached hydrogens (tertiary/aromatic N) is 2. The first kappa shape index (κ1) is 21.3. The second-order valence-corrected chi connectivity index (χ2v) is 8.78. The van der Waals surface area contributed by atoms with E-state index in [1.54, 1.807) is 0 Å². The molecule has 164 valence electrons. The molecule has 1 N–H and O–H groups in total. The van der Waals surface area contributed by atoms with Crippen molar-refractivity contribution >= 4 is 17.5 Å². The summed E-state index contributed by atoms with van der Waals surface area (Å²) in [5.74, 6) is 2.15. The molecular formula is C25H31N3O3. The number of ether oxygens (including phenoxy) is 1. The van der Waals surface area contributed by atoms with Gasteiger partial charge >= 0.3 is 0 Å². The molecule has 1 saturated carbocycles. The zero-order valence-corrected chi connectivity index (χ0v) is 18.4. The van der Waals surface area contributed by atoms with Gasteiger partial charge in [0.25, 0.3) is 0 Å². The van der Waals surface area contributed by atoms with Gasteiger partial charge in [0.2, 0.25) is 11.8 Å². The highest BCUT2D eigenvalue weighted by molar-refractivity contribution is 5.88. The molecule has 31 heavy (non-hydrogen) atoms. The van der Waals surface area contributed by atoms with Crippen LogP contribution in [-0.2, 0) is 9.59 Å². The van der Waals surface area contributed by atoms with Gasteiger partial charge in [-0.1, -0.05) is 12.8 Å². The Labute approximate surface area is 184 Å². The average Bonchev–Trinajstić information content (AvgIpc) is 3.29. The van der Waals surface area contributed by atoms with Crippen molar-refractivity contribution in [1.29, 1.82) is 0 Å². The number of anilines is 1. The van der Waals surface area contributed by atoms with Gasteiger partial charge in [0.1, 0.15) is 11.5 Å². The lowest BCUT2D eigenvalue weighted by Gasteiger charge is -2.34. The van der Waals surface area contributed by atoms with Gasteiger partial charge < -0.3 is 15.0 Å². The zero-order valence-electron chi connectivity index (χ0n) is 18.4. The van der Waals surface area contributed by atoms with E-state index < -0.39 is 0 Å². The number of benzene rings is 1. The summed E-state index contributed by atoms with van der Waals surface area (Å²) in [7, 11) is 0. The number of pyridine rings is 1. The van der Waals surface area contributed by atoms with Gasteiger partial charge in [-0.2, -0.15) is 0 Å². The van der Waals surface area contributed by atoms with E-state index >= 15 is 0 Å². The van der Waals surface area contributed by atoms with Crippen LogP contribution in [0.3, 0.4) is 0 Å². The van der Waals surface area contributed by atoms with Crippen molar-refractivity contribution in [3.63, 3.8) is 0 Å². The van der Waals surface area contributed by atoms with Crippen LogP contribution in [0.25, 0.3) is 0 Å². The van der Waals surface area contributed by atoms with Crippen LogP contribution in [0.15, 0.2) is 36.4 Å². The van der Waals surface area contributed by atoms with E-state index in [-0.39, 0.29) is 17.7 Å². The van der Waals surface area contributed by atoms with Crippen LogP contribution in [0, 0.1) is 12.8 Å². The Morgan fingerprint density at radius 2 is 1.77 bits per heavy atom. The molecule has 0 unspecified atom stereocenters. The number of piperidine rings is 1. The predicted molar refractivity (Wildman–Crippen MR) is 120 cm³/mol. The lowest BCUT2D eigenvalue weighted by molar-refractivity contribution is -0.136. The van der Waals surface area contributed by atoms with Crippen LogP contribution in [0.4, 0.5) is 5.69 Å². The fourth-order valence-corrected chi connectivity index (χ4v) is 4.72. The van der Waals surface area contributed by atoms with Crippen molar-refractivity contribution < 1.29 is 14.3 Å². The number of amides is 2. The summed E-state index contributed by atoms with van der Waals surface area (Å²) < 4.78 is 6.07. The lowest BCUT2D eigenvalue weighted by atomic mass is 9.92. The minimum atomic E-state index is -0.101. The molecule has 1 aromatic carbocycles. The molecule has 0 spiro atoms. The molecule has 4 rings (SSSR count). The molecule has 6 nitrogen and oxygen atoms in total. The summed E-state index contributed by atoms with van der Waals surface area (Å²) in [6.07, 6.45) is 6.50. The van der Waals surface area contributed by atoms with Crippen LogP contribution < -0.4 is 10.1 Å². The fraction of sp³-hybridized carbons (Fsp3) is 0.480. The lowest BCUT2D eigenvalue weighted by Crippen LogP contribution is -2.42. The van der Waals surface area contributed by atoms with Crippen LogP contribution in [0.2, 0.25) is 0 Å². The minimum absolute atomic E-state index is 0.101. The smallest absolute Gasteiger partial charge is 0.225 e. The van der Waals surface area contributed by atoms with Crippen molar-refractivity contribution in [3.05, 3.63) is 47.8 Å². The number of hydrogen-bond donors (Lipinski definition) is 1. The van der Waals surface area contributed by atoms with E-state index in [9.17, 15) is 9.59 Å². The Balaban J connectivity index is 1.45. The summed E-state index contributed by atoms with van der Waals surface area (Å²) >= 11 is 0. The van der Waals surface area contributed by atoms with Crippen LogP contribution in [-0.4, -0.2) is 34.8 Å². The van der Waals surface area contributed by atoms with Gasteiger partial charge in [0, 0.05) is 61.1 Å². The summed E-state index contributed by atoms with van der Waals surface area (Å²) in [5.41, 5.74) is 2.64. The molecule has 1 saturated heterocycles. The second kappa shape index (κ2) is 9.50. The number of carbonyl (C=O) groups is 2. The van der Waals surface area contributed by atoms with E-state index in [0.29, 0.717) is 11.7 Å². The van der Waals surface area contributed by atoms with Crippen molar-refractivity contribution in [2.75, 3.05) is 18.4 Å². The standard InChI is InChI=1S/C25H31N3O3/c1-17-14-23(31-22-11-9-21(10-12-22)27-18(2)29)15-24(26-17)20-8-5-13-28(16-20)25(30)19-6-3-4-7-19/h9-12,14-15,19-20H,3-8,13,16H2,1-2H3,(H,27,29)/t20-/m1/s1. The number of aromatic nitrogens is 1. The average molecular weight is 422 g/mol. The highest BCUT2D eigenvalue weighted by Crippen LogP contribution is 2.33. The van der Waals surface area contributed by atoms with Crippen molar-refractivity contribution in [3.8, 4) is 11.5 Å². The Hall–Kier alpha value is -2.89. The third-order valence-electron chi connectivity index (χ3n) is 6.21. The molecule has 2 aliphatic rings. The van der Waals surface area contributed by atoms with Crippen LogP contribution in [0.5, 0.6) is 11.5 Å². The van der Waals surface area contributed by atoms with Gasteiger partial charge in [-0.05, 0) is 56.9 Å². The SMILES string of the molecule is CC(=O)Nc1ccc(Oc2cc(C)nc([C@@H]3CCCN(C(=O)C4CCCC4)C3)c2)cc1. The largest absolute Gasteiger partial charge is 0.457 e. The van der Waals surface area contributed by atoms with E-state index in [1.807, 2.05) is 43.3 Å². The van der Waals surface area contributed by atoms with Crippen LogP contribution in [0.1, 0.15) is 62.8 Å². The monoisotopic (exact) mass is 421 g/mol. The first-order valence-electron chi connectivity index (χ1n) is 11.3. The minimum Gasteiger partial charge on any atom is -0.457 e. The molecule has 1 atom stereocenters. The van der Waals surface area contributed by atoms with E-state index in [1.165, 1.54) is 19.8 Å². The van der Waals surface area contributed by atoms with Crippen molar-refractivity contribution in [1.82, 2.24) is 9.88 Å². The topological polar surface area (TPSA) is 71.5 Å². The molecule has 1 aliphatic heterocycles. The molecule has 6 heteroatoms.